The number of nitrogens with zero attached hydrogens (tertiary/aromatic N) is 2. The monoisotopic (exact) mass is 581 g/mol. The molecule has 2 aliphatic heterocycles. The van der Waals surface area contributed by atoms with Crippen LogP contribution in [0.3, 0.4) is 0 Å². The number of amides is 3. The Bertz CT molecular complexity index is 1370. The molecule has 2 aromatic rings. The van der Waals surface area contributed by atoms with E-state index in [1.54, 1.807) is 45.0 Å². The highest BCUT2D eigenvalue weighted by Crippen LogP contribution is 2.25. The van der Waals surface area contributed by atoms with E-state index in [9.17, 15) is 29.4 Å². The highest BCUT2D eigenvalue weighted by atomic mass is 16.5. The van der Waals surface area contributed by atoms with E-state index in [1.807, 2.05) is 12.1 Å². The molecule has 0 spiro atoms. The Balaban J connectivity index is 1.75. The number of benzene rings is 1. The number of cyclic esters (lactones) is 1. The number of aliphatic hydroxyl groups is 2. The smallest absolute Gasteiger partial charge is 0.325 e. The molecule has 0 radical (unpaired) electrons. The van der Waals surface area contributed by atoms with Crippen LogP contribution >= 0.6 is 0 Å². The number of hydrazine groups is 1. The maximum absolute atomic E-state index is 13.4. The minimum atomic E-state index is -1.73. The van der Waals surface area contributed by atoms with Crippen molar-refractivity contribution in [3.63, 3.8) is 0 Å². The maximum Gasteiger partial charge on any atom is 0.325 e. The molecule has 0 unspecified atom stereocenters. The van der Waals surface area contributed by atoms with Crippen LogP contribution in [0.5, 0.6) is 0 Å². The molecule has 2 aliphatic rings. The van der Waals surface area contributed by atoms with Crippen molar-refractivity contribution >= 4 is 40.7 Å². The summed E-state index contributed by atoms with van der Waals surface area (Å²) in [5.74, 6) is -2.70. The fourth-order valence-electron chi connectivity index (χ4n) is 4.96. The number of aromatic nitrogens is 1. The van der Waals surface area contributed by atoms with E-state index in [-0.39, 0.29) is 5.92 Å². The summed E-state index contributed by atoms with van der Waals surface area (Å²) in [7, 11) is 0. The molecule has 226 valence electrons. The molecular formula is C30H39N5O7. The fourth-order valence-corrected chi connectivity index (χ4v) is 4.96. The van der Waals surface area contributed by atoms with Crippen molar-refractivity contribution in [2.75, 3.05) is 19.8 Å². The first kappa shape index (κ1) is 31.1. The number of hydrogen-bond donors (Lipinski definition) is 5. The van der Waals surface area contributed by atoms with Gasteiger partial charge in [0.1, 0.15) is 29.6 Å². The summed E-state index contributed by atoms with van der Waals surface area (Å²) < 4.78 is 5.72. The summed E-state index contributed by atoms with van der Waals surface area (Å²) in [5, 5.41) is 27.9. The largest absolute Gasteiger partial charge is 0.455 e. The number of ether oxygens (including phenoxy) is 1. The van der Waals surface area contributed by atoms with Gasteiger partial charge < -0.3 is 25.6 Å². The van der Waals surface area contributed by atoms with Gasteiger partial charge in [-0.1, -0.05) is 44.2 Å². The fraction of sp³-hybridized carbons (Fsp3) is 0.500. The third-order valence-electron chi connectivity index (χ3n) is 7.76. The minimum Gasteiger partial charge on any atom is -0.455 e. The average molecular weight is 582 g/mol. The standard InChI is InChI=1S/C30H39N5O7/c1-17(2)25-26(38)31-18(3)27(39)35-13-5-6-23(34-35)28(40)42-19(4)22-10-9-21-8-7-20(14-24(21)32-22)11-12-30(15-36,16-37)29(41)33-25/h7-12,14,17-19,23,25,34,36-37H,5-6,13,15-16H2,1-4H3,(H,31,38)(H,33,41)/b12-11+/t18-,19+,23-,25-/m0/s1. The van der Waals surface area contributed by atoms with E-state index in [4.69, 9.17) is 4.74 Å². The van der Waals surface area contributed by atoms with E-state index in [2.05, 4.69) is 21.0 Å². The zero-order valence-electron chi connectivity index (χ0n) is 24.3. The Morgan fingerprint density at radius 1 is 1.07 bits per heavy atom. The van der Waals surface area contributed by atoms with Crippen LogP contribution in [0.15, 0.2) is 36.4 Å². The Hall–Kier alpha value is -3.87. The van der Waals surface area contributed by atoms with Gasteiger partial charge in [0.15, 0.2) is 0 Å². The Morgan fingerprint density at radius 2 is 1.79 bits per heavy atom. The lowest BCUT2D eigenvalue weighted by Gasteiger charge is -2.35. The molecule has 1 fully saturated rings. The molecule has 12 nitrogen and oxygen atoms in total. The van der Waals surface area contributed by atoms with Gasteiger partial charge in [-0.2, -0.15) is 0 Å². The number of esters is 1. The molecule has 1 saturated heterocycles. The summed E-state index contributed by atoms with van der Waals surface area (Å²) in [6.45, 7) is 5.60. The van der Waals surface area contributed by atoms with Gasteiger partial charge in [0.2, 0.25) is 11.8 Å². The van der Waals surface area contributed by atoms with Gasteiger partial charge in [-0.05, 0) is 50.3 Å². The average Bonchev–Trinajstić information content (AvgIpc) is 2.99. The summed E-state index contributed by atoms with van der Waals surface area (Å²) in [4.78, 5) is 57.6. The predicted octanol–water partition coefficient (Wildman–Crippen LogP) is 0.978. The van der Waals surface area contributed by atoms with Crippen LogP contribution in [-0.4, -0.2) is 81.8 Å². The molecule has 1 aromatic carbocycles. The number of nitrogens with one attached hydrogen (secondary N) is 3. The van der Waals surface area contributed by atoms with Crippen LogP contribution in [0.25, 0.3) is 17.0 Å². The van der Waals surface area contributed by atoms with Crippen molar-refractivity contribution in [3.8, 4) is 0 Å². The number of aliphatic hydroxyl groups excluding tert-OH is 2. The summed E-state index contributed by atoms with van der Waals surface area (Å²) in [5.41, 5.74) is 3.00. The first-order chi connectivity index (χ1) is 20.0. The van der Waals surface area contributed by atoms with Gasteiger partial charge in [-0.15, -0.1) is 0 Å². The first-order valence-electron chi connectivity index (χ1n) is 14.2. The number of fused-ring (bicyclic) bond motifs is 4. The van der Waals surface area contributed by atoms with Gasteiger partial charge in [-0.3, -0.25) is 24.2 Å². The second-order valence-corrected chi connectivity index (χ2v) is 11.3. The number of pyridine rings is 1. The van der Waals surface area contributed by atoms with Crippen LogP contribution in [-0.2, 0) is 23.9 Å². The van der Waals surface area contributed by atoms with Crippen LogP contribution in [0.1, 0.15) is 57.9 Å². The van der Waals surface area contributed by atoms with Crippen LogP contribution in [0.2, 0.25) is 0 Å². The molecule has 0 saturated carbocycles. The SMILES string of the molecule is CC(C)[C@@H]1NC(=O)C(CO)(CO)/C=C/c2ccc3ccc(nc3c2)[C@@H](C)OC(=O)[C@@H]2CCCN(N2)C(=O)[C@H](C)NC1=O. The van der Waals surface area contributed by atoms with Crippen LogP contribution in [0.4, 0.5) is 0 Å². The van der Waals surface area contributed by atoms with Crippen molar-refractivity contribution < 1.29 is 34.1 Å². The zero-order valence-corrected chi connectivity index (χ0v) is 24.3. The van der Waals surface area contributed by atoms with Crippen molar-refractivity contribution in [2.45, 2.75) is 64.8 Å². The Kier molecular flexibility index (Phi) is 9.60. The summed E-state index contributed by atoms with van der Waals surface area (Å²) in [6, 6.07) is 6.27. The van der Waals surface area contributed by atoms with Gasteiger partial charge in [-0.25, -0.2) is 10.4 Å². The molecule has 5 bridgehead atoms. The lowest BCUT2D eigenvalue weighted by molar-refractivity contribution is -0.157. The summed E-state index contributed by atoms with van der Waals surface area (Å²) in [6.07, 6.45) is 3.34. The molecule has 3 heterocycles. The van der Waals surface area contributed by atoms with Gasteiger partial charge >= 0.3 is 5.97 Å². The normalized spacial score (nSPS) is 26.5. The number of carbonyl (C=O) groups excluding carboxylic acids is 4. The van der Waals surface area contributed by atoms with E-state index < -0.39 is 66.5 Å². The number of hydrogen-bond acceptors (Lipinski definition) is 9. The second kappa shape index (κ2) is 13.0. The van der Waals surface area contributed by atoms with Crippen molar-refractivity contribution in [1.29, 1.82) is 0 Å². The Labute approximate surface area is 244 Å². The van der Waals surface area contributed by atoms with Crippen molar-refractivity contribution in [2.24, 2.45) is 11.3 Å². The molecule has 1 aromatic heterocycles. The minimum absolute atomic E-state index is 0.332. The lowest BCUT2D eigenvalue weighted by atomic mass is 9.86. The topological polar surface area (TPSA) is 170 Å². The molecule has 4 rings (SSSR count). The van der Waals surface area contributed by atoms with E-state index in [1.165, 1.54) is 18.0 Å². The number of rotatable bonds is 3. The second-order valence-electron chi connectivity index (χ2n) is 11.3. The van der Waals surface area contributed by atoms with E-state index in [0.29, 0.717) is 36.2 Å². The quantitative estimate of drug-likeness (QED) is 0.332. The van der Waals surface area contributed by atoms with Crippen LogP contribution < -0.4 is 16.1 Å². The van der Waals surface area contributed by atoms with Crippen molar-refractivity contribution in [3.05, 3.63) is 47.7 Å². The lowest BCUT2D eigenvalue weighted by Crippen LogP contribution is -2.61. The zero-order chi connectivity index (χ0) is 30.6. The molecular weight excluding hydrogens is 542 g/mol. The first-order valence-corrected chi connectivity index (χ1v) is 14.2. The molecule has 0 aliphatic carbocycles. The van der Waals surface area contributed by atoms with E-state index in [0.717, 1.165) is 5.39 Å². The highest BCUT2D eigenvalue weighted by molar-refractivity contribution is 5.94. The number of carbonyl (C=O) groups is 4. The molecule has 42 heavy (non-hydrogen) atoms. The highest BCUT2D eigenvalue weighted by Gasteiger charge is 2.39. The predicted molar refractivity (Wildman–Crippen MR) is 154 cm³/mol. The van der Waals surface area contributed by atoms with Gasteiger partial charge in [0.25, 0.3) is 5.91 Å². The Morgan fingerprint density at radius 3 is 2.48 bits per heavy atom. The molecule has 12 heteroatoms. The van der Waals surface area contributed by atoms with Crippen molar-refractivity contribution in [1.82, 2.24) is 26.1 Å². The van der Waals surface area contributed by atoms with E-state index >= 15 is 0 Å². The molecule has 3 amide bonds. The third kappa shape index (κ3) is 6.61. The maximum atomic E-state index is 13.4. The van der Waals surface area contributed by atoms with Gasteiger partial charge in [0.05, 0.1) is 24.4 Å². The molecule has 5 N–H and O–H groups in total. The van der Waals surface area contributed by atoms with Gasteiger partial charge in [0, 0.05) is 11.9 Å². The summed E-state index contributed by atoms with van der Waals surface area (Å²) >= 11 is 0. The molecule has 4 atom stereocenters. The third-order valence-corrected chi connectivity index (χ3v) is 7.76. The van der Waals surface area contributed by atoms with Crippen LogP contribution in [0, 0.1) is 11.3 Å².